The van der Waals surface area contributed by atoms with Gasteiger partial charge in [0.2, 0.25) is 5.78 Å². The fourth-order valence-corrected chi connectivity index (χ4v) is 5.65. The van der Waals surface area contributed by atoms with Crippen molar-refractivity contribution in [1.29, 1.82) is 0 Å². The predicted octanol–water partition coefficient (Wildman–Crippen LogP) is 0.187. The summed E-state index contributed by atoms with van der Waals surface area (Å²) in [6.07, 6.45) is 0.324. The number of aliphatic hydroxyl groups is 3. The number of aromatic hydroxyl groups is 1. The molecule has 176 valence electrons. The molecule has 4 atom stereocenters. The van der Waals surface area contributed by atoms with Gasteiger partial charge in [0, 0.05) is 31.3 Å². The highest BCUT2D eigenvalue weighted by Gasteiger charge is 2.63. The van der Waals surface area contributed by atoms with E-state index >= 15 is 0 Å². The maximum Gasteiger partial charge on any atom is 0.255 e. The molecule has 10 nitrogen and oxygen atoms in total. The topological polar surface area (TPSA) is 165 Å². The number of carbonyl (C=O) groups excluding carboxylic acids is 3. The number of allylic oxidation sites excluding steroid dienone is 1. The van der Waals surface area contributed by atoms with Crippen LogP contribution in [0.2, 0.25) is 0 Å². The molecule has 33 heavy (non-hydrogen) atoms. The molecule has 0 saturated carbocycles. The Morgan fingerprint density at radius 1 is 1.12 bits per heavy atom. The van der Waals surface area contributed by atoms with Gasteiger partial charge in [-0.3, -0.25) is 19.3 Å². The van der Waals surface area contributed by atoms with E-state index in [0.717, 1.165) is 5.69 Å². The molecule has 0 radical (unpaired) electrons. The summed E-state index contributed by atoms with van der Waals surface area (Å²) in [5, 5.41) is 43.9. The summed E-state index contributed by atoms with van der Waals surface area (Å²) in [5.74, 6) is -6.53. The van der Waals surface area contributed by atoms with E-state index in [4.69, 9.17) is 5.73 Å². The largest absolute Gasteiger partial charge is 0.510 e. The Kier molecular flexibility index (Phi) is 5.06. The molecular weight excluding hydrogens is 430 g/mol. The number of fused-ring (bicyclic) bond motifs is 3. The zero-order chi connectivity index (χ0) is 24.6. The lowest BCUT2D eigenvalue weighted by Crippen LogP contribution is -2.63. The van der Waals surface area contributed by atoms with Crippen molar-refractivity contribution >= 4 is 23.2 Å². The molecule has 3 aliphatic carbocycles. The third kappa shape index (κ3) is 2.90. The van der Waals surface area contributed by atoms with Gasteiger partial charge < -0.3 is 31.1 Å². The lowest BCUT2D eigenvalue weighted by molar-refractivity contribution is -0.148. The van der Waals surface area contributed by atoms with E-state index in [1.165, 1.54) is 11.0 Å². The lowest BCUT2D eigenvalue weighted by atomic mass is 9.58. The van der Waals surface area contributed by atoms with Crippen LogP contribution in [0.15, 0.2) is 34.8 Å². The first-order valence-corrected chi connectivity index (χ1v) is 10.5. The molecule has 0 fully saturated rings. The number of ketones is 2. The molecule has 1 unspecified atom stereocenters. The third-order valence-electron chi connectivity index (χ3n) is 7.06. The SMILES string of the molecule is CN(C)c1ccc(O)c2c1C[C@H]1C[C@H]3C(N(C)C)C(O)=C(C(N)=O)C(=O)[C@@]3(O)C(O)=C1C2=O. The Hall–Kier alpha value is -3.37. The van der Waals surface area contributed by atoms with Gasteiger partial charge in [0.05, 0.1) is 11.6 Å². The molecule has 0 spiro atoms. The third-order valence-corrected chi connectivity index (χ3v) is 7.06. The van der Waals surface area contributed by atoms with Crippen molar-refractivity contribution in [3.63, 3.8) is 0 Å². The number of Topliss-reactive ketones (excluding diaryl/α,β-unsaturated/α-hetero) is 2. The summed E-state index contributed by atoms with van der Waals surface area (Å²) in [5.41, 5.74) is 3.02. The number of likely N-dealkylation sites (N-methyl/N-ethyl adjacent to an activating group) is 1. The number of rotatable bonds is 3. The van der Waals surface area contributed by atoms with Gasteiger partial charge in [-0.1, -0.05) is 0 Å². The Bertz CT molecular complexity index is 1170. The minimum Gasteiger partial charge on any atom is -0.510 e. The number of carbonyl (C=O) groups is 3. The van der Waals surface area contributed by atoms with Gasteiger partial charge in [-0.05, 0) is 50.6 Å². The molecule has 3 aliphatic rings. The van der Waals surface area contributed by atoms with Gasteiger partial charge in [0.25, 0.3) is 5.91 Å². The first kappa shape index (κ1) is 22.8. The van der Waals surface area contributed by atoms with Crippen molar-refractivity contribution in [3.05, 3.63) is 45.9 Å². The molecule has 1 aromatic rings. The number of hydrogen-bond acceptors (Lipinski definition) is 9. The number of benzene rings is 1. The summed E-state index contributed by atoms with van der Waals surface area (Å²) in [6.45, 7) is 0. The standard InChI is InChI=1S/C23H27N3O7/c1-25(2)12-5-6-13(27)15-10(12)7-9-8-11-17(26(3)4)19(29)16(22(24)32)21(31)23(11,33)20(30)14(9)18(15)28/h5-6,9,11,17,27,29-30,33H,7-8H2,1-4H3,(H2,24,32)/t9-,11-,17?,23-/m0/s1. The number of hydrogen-bond donors (Lipinski definition) is 5. The molecule has 0 heterocycles. The highest BCUT2D eigenvalue weighted by Crippen LogP contribution is 2.52. The number of nitrogens with two attached hydrogens (primary N) is 1. The monoisotopic (exact) mass is 457 g/mol. The average molecular weight is 457 g/mol. The normalized spacial score (nSPS) is 29.1. The summed E-state index contributed by atoms with van der Waals surface area (Å²) in [4.78, 5) is 42.0. The van der Waals surface area contributed by atoms with E-state index in [1.807, 2.05) is 0 Å². The highest BCUT2D eigenvalue weighted by molar-refractivity contribution is 6.24. The summed E-state index contributed by atoms with van der Waals surface area (Å²) in [7, 11) is 6.79. The highest BCUT2D eigenvalue weighted by atomic mass is 16.3. The van der Waals surface area contributed by atoms with E-state index < -0.39 is 58.0 Å². The van der Waals surface area contributed by atoms with Crippen molar-refractivity contribution in [2.75, 3.05) is 33.1 Å². The second-order valence-electron chi connectivity index (χ2n) is 9.31. The number of aliphatic hydroxyl groups excluding tert-OH is 2. The van der Waals surface area contributed by atoms with Crippen LogP contribution in [0.3, 0.4) is 0 Å². The average Bonchev–Trinajstić information content (AvgIpc) is 2.70. The molecule has 1 aromatic carbocycles. The molecule has 6 N–H and O–H groups in total. The second-order valence-corrected chi connectivity index (χ2v) is 9.31. The van der Waals surface area contributed by atoms with Gasteiger partial charge in [0.1, 0.15) is 22.8 Å². The number of nitrogens with zero attached hydrogens (tertiary/aromatic N) is 2. The molecule has 0 bridgehead atoms. The van der Waals surface area contributed by atoms with Crippen molar-refractivity contribution in [3.8, 4) is 5.75 Å². The van der Waals surface area contributed by atoms with Crippen LogP contribution in [-0.4, -0.2) is 82.6 Å². The number of phenolic OH excluding ortho intramolecular Hbond substituents is 1. The van der Waals surface area contributed by atoms with Crippen LogP contribution in [0.25, 0.3) is 0 Å². The number of anilines is 1. The molecule has 10 heteroatoms. The summed E-state index contributed by atoms with van der Waals surface area (Å²) < 4.78 is 0. The smallest absolute Gasteiger partial charge is 0.255 e. The molecule has 0 aromatic heterocycles. The molecular formula is C23H27N3O7. The fraction of sp³-hybridized carbons (Fsp3) is 0.435. The Morgan fingerprint density at radius 2 is 1.76 bits per heavy atom. The van der Waals surface area contributed by atoms with Crippen LogP contribution in [0.4, 0.5) is 5.69 Å². The van der Waals surface area contributed by atoms with Crippen molar-refractivity contribution in [2.24, 2.45) is 17.6 Å². The van der Waals surface area contributed by atoms with Gasteiger partial charge in [0.15, 0.2) is 11.4 Å². The molecule has 0 aliphatic heterocycles. The van der Waals surface area contributed by atoms with E-state index in [2.05, 4.69) is 0 Å². The van der Waals surface area contributed by atoms with Gasteiger partial charge in [-0.2, -0.15) is 0 Å². The van der Waals surface area contributed by atoms with Crippen molar-refractivity contribution < 1.29 is 34.8 Å². The minimum atomic E-state index is -2.63. The van der Waals surface area contributed by atoms with E-state index in [1.54, 1.807) is 39.2 Å². The van der Waals surface area contributed by atoms with Crippen LogP contribution < -0.4 is 10.6 Å². The lowest BCUT2D eigenvalue weighted by Gasteiger charge is -2.50. The zero-order valence-electron chi connectivity index (χ0n) is 18.8. The van der Waals surface area contributed by atoms with E-state index in [-0.39, 0.29) is 29.7 Å². The Labute approximate surface area is 190 Å². The van der Waals surface area contributed by atoms with Crippen LogP contribution in [0.5, 0.6) is 5.75 Å². The Balaban J connectivity index is 1.98. The maximum absolute atomic E-state index is 13.5. The fourth-order valence-electron chi connectivity index (χ4n) is 5.65. The van der Waals surface area contributed by atoms with Crippen LogP contribution in [0.1, 0.15) is 22.3 Å². The molecule has 0 saturated heterocycles. The minimum absolute atomic E-state index is 0.00184. The number of phenols is 1. The Morgan fingerprint density at radius 3 is 2.30 bits per heavy atom. The van der Waals surface area contributed by atoms with Crippen molar-refractivity contribution in [2.45, 2.75) is 24.5 Å². The first-order chi connectivity index (χ1) is 15.3. The van der Waals surface area contributed by atoms with Gasteiger partial charge in [-0.15, -0.1) is 0 Å². The predicted molar refractivity (Wildman–Crippen MR) is 118 cm³/mol. The quantitative estimate of drug-likeness (QED) is 0.398. The van der Waals surface area contributed by atoms with Gasteiger partial charge >= 0.3 is 0 Å². The summed E-state index contributed by atoms with van der Waals surface area (Å²) in [6, 6.07) is 2.06. The van der Waals surface area contributed by atoms with Crippen LogP contribution in [-0.2, 0) is 16.0 Å². The van der Waals surface area contributed by atoms with Crippen LogP contribution >= 0.6 is 0 Å². The molecule has 4 rings (SSSR count). The second kappa shape index (κ2) is 7.32. The summed E-state index contributed by atoms with van der Waals surface area (Å²) >= 11 is 0. The van der Waals surface area contributed by atoms with E-state index in [9.17, 15) is 34.8 Å². The van der Waals surface area contributed by atoms with Crippen LogP contribution in [0, 0.1) is 11.8 Å². The number of amides is 1. The van der Waals surface area contributed by atoms with Gasteiger partial charge in [-0.25, -0.2) is 0 Å². The zero-order valence-corrected chi connectivity index (χ0v) is 18.8. The first-order valence-electron chi connectivity index (χ1n) is 10.5. The number of primary amides is 1. The van der Waals surface area contributed by atoms with Crippen molar-refractivity contribution in [1.82, 2.24) is 4.90 Å². The maximum atomic E-state index is 13.5. The molecule has 1 amide bonds. The van der Waals surface area contributed by atoms with E-state index in [0.29, 0.717) is 5.56 Å².